The van der Waals surface area contributed by atoms with Gasteiger partial charge in [-0.3, -0.25) is 9.78 Å². The van der Waals surface area contributed by atoms with Gasteiger partial charge in [0, 0.05) is 24.9 Å². The van der Waals surface area contributed by atoms with E-state index >= 15 is 0 Å². The maximum absolute atomic E-state index is 13.5. The van der Waals surface area contributed by atoms with Crippen molar-refractivity contribution in [2.75, 3.05) is 5.32 Å². The van der Waals surface area contributed by atoms with Crippen LogP contribution in [-0.4, -0.2) is 15.9 Å². The number of nitrogens with zero attached hydrogens (tertiary/aromatic N) is 2. The molecule has 0 aromatic carbocycles. The molecule has 0 unspecified atom stereocenters. The molecule has 0 atom stereocenters. The van der Waals surface area contributed by atoms with E-state index in [4.69, 9.17) is 0 Å². The Morgan fingerprint density at radius 1 is 1.35 bits per heavy atom. The number of halogens is 1. The fourth-order valence-electron chi connectivity index (χ4n) is 1.39. The van der Waals surface area contributed by atoms with Gasteiger partial charge in [0.2, 0.25) is 11.9 Å². The van der Waals surface area contributed by atoms with Crippen LogP contribution in [-0.2, 0) is 4.79 Å². The highest BCUT2D eigenvalue weighted by Crippen LogP contribution is 2.19. The van der Waals surface area contributed by atoms with E-state index in [-0.39, 0.29) is 11.6 Å². The Balaban J connectivity index is 2.34. The van der Waals surface area contributed by atoms with Gasteiger partial charge >= 0.3 is 0 Å². The largest absolute Gasteiger partial charge is 0.322 e. The lowest BCUT2D eigenvalue weighted by molar-refractivity contribution is -0.114. The van der Waals surface area contributed by atoms with Crippen molar-refractivity contribution in [1.82, 2.24) is 9.97 Å². The number of carbonyl (C=O) groups excluding carboxylic acids is 1. The van der Waals surface area contributed by atoms with Gasteiger partial charge in [0.15, 0.2) is 0 Å². The fourth-order valence-corrected chi connectivity index (χ4v) is 1.39. The number of amides is 1. The zero-order valence-electron chi connectivity index (χ0n) is 9.14. The molecular weight excluding hydrogens is 221 g/mol. The van der Waals surface area contributed by atoms with E-state index in [1.54, 1.807) is 30.6 Å². The standard InChI is InChI=1S/C12H10FN3O/c1-8(17)15-11-5-4-10(16-12(11)13)9-3-2-6-14-7-9/h2-7H,1H3,(H,15,17). The van der Waals surface area contributed by atoms with Crippen LogP contribution in [0.4, 0.5) is 10.1 Å². The van der Waals surface area contributed by atoms with Crippen LogP contribution in [0.25, 0.3) is 11.3 Å². The third-order valence-electron chi connectivity index (χ3n) is 2.12. The quantitative estimate of drug-likeness (QED) is 0.806. The third-order valence-corrected chi connectivity index (χ3v) is 2.12. The van der Waals surface area contributed by atoms with Gasteiger partial charge in [0.05, 0.1) is 11.4 Å². The summed E-state index contributed by atoms with van der Waals surface area (Å²) in [7, 11) is 0. The van der Waals surface area contributed by atoms with Crippen molar-refractivity contribution in [3.63, 3.8) is 0 Å². The average Bonchev–Trinajstić information content (AvgIpc) is 2.32. The summed E-state index contributed by atoms with van der Waals surface area (Å²) >= 11 is 0. The Hall–Kier alpha value is -2.30. The second kappa shape index (κ2) is 4.69. The molecule has 5 heteroatoms. The smallest absolute Gasteiger partial charge is 0.237 e. The van der Waals surface area contributed by atoms with Crippen LogP contribution < -0.4 is 5.32 Å². The minimum atomic E-state index is -0.707. The molecule has 2 rings (SSSR count). The minimum Gasteiger partial charge on any atom is -0.322 e. The predicted octanol–water partition coefficient (Wildman–Crippen LogP) is 2.24. The molecule has 2 aromatic rings. The first-order valence-electron chi connectivity index (χ1n) is 5.01. The summed E-state index contributed by atoms with van der Waals surface area (Å²) in [6.45, 7) is 1.31. The van der Waals surface area contributed by atoms with E-state index in [1.165, 1.54) is 13.0 Å². The van der Waals surface area contributed by atoms with E-state index in [0.29, 0.717) is 5.69 Å². The number of hydrogen-bond acceptors (Lipinski definition) is 3. The van der Waals surface area contributed by atoms with Gasteiger partial charge in [0.25, 0.3) is 0 Å². The van der Waals surface area contributed by atoms with Crippen LogP contribution in [0.2, 0.25) is 0 Å². The lowest BCUT2D eigenvalue weighted by Gasteiger charge is -2.05. The molecule has 0 bridgehead atoms. The zero-order valence-corrected chi connectivity index (χ0v) is 9.14. The Labute approximate surface area is 97.5 Å². The van der Waals surface area contributed by atoms with E-state index < -0.39 is 5.95 Å². The van der Waals surface area contributed by atoms with Crippen molar-refractivity contribution in [1.29, 1.82) is 0 Å². The van der Waals surface area contributed by atoms with Crippen molar-refractivity contribution in [2.45, 2.75) is 6.92 Å². The normalized spacial score (nSPS) is 10.0. The third kappa shape index (κ3) is 2.63. The SMILES string of the molecule is CC(=O)Nc1ccc(-c2cccnc2)nc1F. The number of aromatic nitrogens is 2. The van der Waals surface area contributed by atoms with Gasteiger partial charge in [0.1, 0.15) is 0 Å². The molecule has 2 heterocycles. The number of anilines is 1. The van der Waals surface area contributed by atoms with E-state index in [2.05, 4.69) is 15.3 Å². The van der Waals surface area contributed by atoms with Gasteiger partial charge in [-0.1, -0.05) is 0 Å². The van der Waals surface area contributed by atoms with Crippen LogP contribution >= 0.6 is 0 Å². The average molecular weight is 231 g/mol. The molecule has 4 nitrogen and oxygen atoms in total. The molecular formula is C12H10FN3O. The van der Waals surface area contributed by atoms with Gasteiger partial charge in [-0.15, -0.1) is 0 Å². The van der Waals surface area contributed by atoms with Crippen LogP contribution in [0.1, 0.15) is 6.92 Å². The monoisotopic (exact) mass is 231 g/mol. The first-order chi connectivity index (χ1) is 8.16. The Bertz CT molecular complexity index is 543. The molecule has 2 aromatic heterocycles. The maximum Gasteiger partial charge on any atom is 0.237 e. The maximum atomic E-state index is 13.5. The first-order valence-corrected chi connectivity index (χ1v) is 5.01. The molecule has 0 saturated carbocycles. The summed E-state index contributed by atoms with van der Waals surface area (Å²) in [4.78, 5) is 18.5. The van der Waals surface area contributed by atoms with Crippen LogP contribution in [0.5, 0.6) is 0 Å². The van der Waals surface area contributed by atoms with Gasteiger partial charge < -0.3 is 5.32 Å². The summed E-state index contributed by atoms with van der Waals surface area (Å²) in [6, 6.07) is 6.64. The highest BCUT2D eigenvalue weighted by Gasteiger charge is 2.07. The molecule has 1 N–H and O–H groups in total. The second-order valence-corrected chi connectivity index (χ2v) is 3.46. The highest BCUT2D eigenvalue weighted by molar-refractivity contribution is 5.88. The number of carbonyl (C=O) groups is 1. The topological polar surface area (TPSA) is 54.9 Å². The van der Waals surface area contributed by atoms with Crippen molar-refractivity contribution in [3.8, 4) is 11.3 Å². The van der Waals surface area contributed by atoms with Gasteiger partial charge in [-0.25, -0.2) is 4.98 Å². The molecule has 0 aliphatic carbocycles. The van der Waals surface area contributed by atoms with Crippen LogP contribution in [0.15, 0.2) is 36.7 Å². The Morgan fingerprint density at radius 3 is 2.76 bits per heavy atom. The molecule has 0 aliphatic rings. The molecule has 17 heavy (non-hydrogen) atoms. The summed E-state index contributed by atoms with van der Waals surface area (Å²) in [5, 5.41) is 2.36. The van der Waals surface area contributed by atoms with E-state index in [9.17, 15) is 9.18 Å². The van der Waals surface area contributed by atoms with Crippen molar-refractivity contribution in [2.24, 2.45) is 0 Å². The molecule has 0 aliphatic heterocycles. The minimum absolute atomic E-state index is 0.0742. The molecule has 86 valence electrons. The Morgan fingerprint density at radius 2 is 2.18 bits per heavy atom. The summed E-state index contributed by atoms with van der Waals surface area (Å²) in [6.07, 6.45) is 3.23. The molecule has 0 radical (unpaired) electrons. The zero-order chi connectivity index (χ0) is 12.3. The molecule has 0 spiro atoms. The molecule has 0 saturated heterocycles. The lowest BCUT2D eigenvalue weighted by Crippen LogP contribution is -2.08. The van der Waals surface area contributed by atoms with E-state index in [1.807, 2.05) is 0 Å². The van der Waals surface area contributed by atoms with E-state index in [0.717, 1.165) is 5.56 Å². The highest BCUT2D eigenvalue weighted by atomic mass is 19.1. The van der Waals surface area contributed by atoms with Crippen molar-refractivity contribution < 1.29 is 9.18 Å². The van der Waals surface area contributed by atoms with Crippen molar-refractivity contribution in [3.05, 3.63) is 42.6 Å². The van der Waals surface area contributed by atoms with Crippen molar-refractivity contribution >= 4 is 11.6 Å². The number of rotatable bonds is 2. The van der Waals surface area contributed by atoms with Crippen LogP contribution in [0.3, 0.4) is 0 Å². The van der Waals surface area contributed by atoms with Gasteiger partial charge in [-0.05, 0) is 24.3 Å². The predicted molar refractivity (Wildman–Crippen MR) is 61.7 cm³/mol. The van der Waals surface area contributed by atoms with Gasteiger partial charge in [-0.2, -0.15) is 4.39 Å². The number of pyridine rings is 2. The second-order valence-electron chi connectivity index (χ2n) is 3.46. The number of hydrogen-bond donors (Lipinski definition) is 1. The summed E-state index contributed by atoms with van der Waals surface area (Å²) in [5.74, 6) is -1.04. The molecule has 1 amide bonds. The first kappa shape index (κ1) is 11.2. The van der Waals surface area contributed by atoms with Crippen LogP contribution in [0, 0.1) is 5.95 Å². The summed E-state index contributed by atoms with van der Waals surface area (Å²) < 4.78 is 13.5. The number of nitrogens with one attached hydrogen (secondary N) is 1. The molecule has 0 fully saturated rings. The fraction of sp³-hybridized carbons (Fsp3) is 0.0833. The lowest BCUT2D eigenvalue weighted by atomic mass is 10.2. The Kier molecular flexibility index (Phi) is 3.09. The summed E-state index contributed by atoms with van der Waals surface area (Å²) in [5.41, 5.74) is 1.27.